The van der Waals surface area contributed by atoms with Crippen molar-refractivity contribution < 1.29 is 14.3 Å². The number of methoxy groups -OCH3 is 1. The first-order valence-corrected chi connectivity index (χ1v) is 7.70. The third-order valence-electron chi connectivity index (χ3n) is 3.17. The first-order chi connectivity index (χ1) is 10.6. The summed E-state index contributed by atoms with van der Waals surface area (Å²) < 4.78 is 11.7. The van der Waals surface area contributed by atoms with Gasteiger partial charge in [0.25, 0.3) is 5.91 Å². The minimum absolute atomic E-state index is 0.0267. The molecular formula is C17H18BrNO3. The topological polar surface area (TPSA) is 47.6 Å². The predicted octanol–water partition coefficient (Wildman–Crippen LogP) is 3.71. The molecule has 1 amide bonds. The van der Waals surface area contributed by atoms with E-state index in [-0.39, 0.29) is 18.6 Å². The highest BCUT2D eigenvalue weighted by Crippen LogP contribution is 2.24. The standard InChI is InChI=1S/C17H18BrNO3/c1-12(15-5-3-4-6-16(15)21-2)19-17(20)11-22-14-9-7-13(18)8-10-14/h3-10,12H,11H2,1-2H3,(H,19,20)/t12-/m0/s1. The zero-order valence-electron chi connectivity index (χ0n) is 12.5. The van der Waals surface area contributed by atoms with Crippen LogP contribution in [-0.4, -0.2) is 19.6 Å². The van der Waals surface area contributed by atoms with E-state index < -0.39 is 0 Å². The average Bonchev–Trinajstić information content (AvgIpc) is 2.54. The second-order valence-corrected chi connectivity index (χ2v) is 5.69. The molecule has 0 heterocycles. The van der Waals surface area contributed by atoms with Gasteiger partial charge in [-0.1, -0.05) is 34.1 Å². The van der Waals surface area contributed by atoms with E-state index in [4.69, 9.17) is 9.47 Å². The zero-order chi connectivity index (χ0) is 15.9. The van der Waals surface area contributed by atoms with Gasteiger partial charge in [0.2, 0.25) is 0 Å². The molecule has 0 aliphatic heterocycles. The molecule has 1 atom stereocenters. The van der Waals surface area contributed by atoms with Gasteiger partial charge in [-0.15, -0.1) is 0 Å². The monoisotopic (exact) mass is 363 g/mol. The third-order valence-corrected chi connectivity index (χ3v) is 3.70. The molecule has 22 heavy (non-hydrogen) atoms. The molecule has 2 rings (SSSR count). The lowest BCUT2D eigenvalue weighted by Crippen LogP contribution is -2.31. The Morgan fingerprint density at radius 3 is 2.55 bits per heavy atom. The summed E-state index contributed by atoms with van der Waals surface area (Å²) in [4.78, 5) is 12.0. The minimum Gasteiger partial charge on any atom is -0.496 e. The maximum Gasteiger partial charge on any atom is 0.258 e. The first-order valence-electron chi connectivity index (χ1n) is 6.91. The molecule has 2 aromatic rings. The Labute approximate surface area is 138 Å². The third kappa shape index (κ3) is 4.49. The van der Waals surface area contributed by atoms with Crippen molar-refractivity contribution in [2.45, 2.75) is 13.0 Å². The first kappa shape index (κ1) is 16.4. The van der Waals surface area contributed by atoms with E-state index >= 15 is 0 Å². The van der Waals surface area contributed by atoms with Gasteiger partial charge in [0.05, 0.1) is 13.2 Å². The highest BCUT2D eigenvalue weighted by atomic mass is 79.9. The molecule has 1 N–H and O–H groups in total. The number of carbonyl (C=O) groups excluding carboxylic acids is 1. The summed E-state index contributed by atoms with van der Waals surface area (Å²) in [7, 11) is 1.62. The molecule has 0 aromatic heterocycles. The van der Waals surface area contributed by atoms with Crippen molar-refractivity contribution in [3.05, 3.63) is 58.6 Å². The number of benzene rings is 2. The van der Waals surface area contributed by atoms with E-state index in [9.17, 15) is 4.79 Å². The molecule has 4 nitrogen and oxygen atoms in total. The fourth-order valence-corrected chi connectivity index (χ4v) is 2.33. The van der Waals surface area contributed by atoms with Crippen molar-refractivity contribution >= 4 is 21.8 Å². The lowest BCUT2D eigenvalue weighted by atomic mass is 10.1. The zero-order valence-corrected chi connectivity index (χ0v) is 14.1. The molecule has 0 fully saturated rings. The van der Waals surface area contributed by atoms with Gasteiger partial charge in [-0.25, -0.2) is 0 Å². The molecule has 2 aromatic carbocycles. The molecule has 0 spiro atoms. The van der Waals surface area contributed by atoms with Crippen LogP contribution < -0.4 is 14.8 Å². The van der Waals surface area contributed by atoms with Crippen LogP contribution in [0.5, 0.6) is 11.5 Å². The molecule has 5 heteroatoms. The second kappa shape index (κ2) is 7.84. The van der Waals surface area contributed by atoms with Crippen LogP contribution in [-0.2, 0) is 4.79 Å². The van der Waals surface area contributed by atoms with E-state index in [0.29, 0.717) is 5.75 Å². The fourth-order valence-electron chi connectivity index (χ4n) is 2.06. The van der Waals surface area contributed by atoms with Gasteiger partial charge in [-0.3, -0.25) is 4.79 Å². The number of carbonyl (C=O) groups is 1. The van der Waals surface area contributed by atoms with Gasteiger partial charge in [0.1, 0.15) is 11.5 Å². The molecular weight excluding hydrogens is 346 g/mol. The number of hydrogen-bond acceptors (Lipinski definition) is 3. The summed E-state index contributed by atoms with van der Waals surface area (Å²) in [6.45, 7) is 1.89. The average molecular weight is 364 g/mol. The van der Waals surface area contributed by atoms with Crippen LogP contribution >= 0.6 is 15.9 Å². The molecule has 0 bridgehead atoms. The molecule has 0 aliphatic rings. The van der Waals surface area contributed by atoms with Crippen LogP contribution in [0.25, 0.3) is 0 Å². The largest absolute Gasteiger partial charge is 0.496 e. The number of nitrogens with one attached hydrogen (secondary N) is 1. The van der Waals surface area contributed by atoms with Crippen LogP contribution in [0.4, 0.5) is 0 Å². The number of ether oxygens (including phenoxy) is 2. The second-order valence-electron chi connectivity index (χ2n) is 4.77. The summed E-state index contributed by atoms with van der Waals surface area (Å²) in [6, 6.07) is 14.8. The fraction of sp³-hybridized carbons (Fsp3) is 0.235. The van der Waals surface area contributed by atoms with Gasteiger partial charge in [0, 0.05) is 10.0 Å². The van der Waals surface area contributed by atoms with Gasteiger partial charge >= 0.3 is 0 Å². The number of para-hydroxylation sites is 1. The van der Waals surface area contributed by atoms with E-state index in [1.807, 2.05) is 43.3 Å². The summed E-state index contributed by atoms with van der Waals surface area (Å²) in [6.07, 6.45) is 0. The van der Waals surface area contributed by atoms with E-state index in [1.54, 1.807) is 19.2 Å². The minimum atomic E-state index is -0.179. The molecule has 0 unspecified atom stereocenters. The molecule has 0 radical (unpaired) electrons. The summed E-state index contributed by atoms with van der Waals surface area (Å²) in [5, 5.41) is 2.90. The Bertz CT molecular complexity index is 628. The Morgan fingerprint density at radius 2 is 1.86 bits per heavy atom. The van der Waals surface area contributed by atoms with Crippen molar-refractivity contribution in [1.82, 2.24) is 5.32 Å². The number of amides is 1. The van der Waals surface area contributed by atoms with Gasteiger partial charge < -0.3 is 14.8 Å². The lowest BCUT2D eigenvalue weighted by molar-refractivity contribution is -0.123. The summed E-state index contributed by atoms with van der Waals surface area (Å²) in [5.41, 5.74) is 0.932. The van der Waals surface area contributed by atoms with Crippen LogP contribution in [0.15, 0.2) is 53.0 Å². The van der Waals surface area contributed by atoms with Crippen molar-refractivity contribution in [3.8, 4) is 11.5 Å². The number of rotatable bonds is 6. The molecule has 0 saturated heterocycles. The van der Waals surface area contributed by atoms with Crippen LogP contribution in [0, 0.1) is 0 Å². The lowest BCUT2D eigenvalue weighted by Gasteiger charge is -2.17. The summed E-state index contributed by atoms with van der Waals surface area (Å²) >= 11 is 3.35. The van der Waals surface area contributed by atoms with E-state index in [1.165, 1.54) is 0 Å². The normalized spacial score (nSPS) is 11.6. The highest BCUT2D eigenvalue weighted by Gasteiger charge is 2.13. The number of halogens is 1. The molecule has 116 valence electrons. The van der Waals surface area contributed by atoms with Crippen LogP contribution in [0.3, 0.4) is 0 Å². The Hall–Kier alpha value is -2.01. The van der Waals surface area contributed by atoms with Crippen LogP contribution in [0.2, 0.25) is 0 Å². The SMILES string of the molecule is COc1ccccc1[C@H](C)NC(=O)COc1ccc(Br)cc1. The van der Waals surface area contributed by atoms with Crippen molar-refractivity contribution in [2.75, 3.05) is 13.7 Å². The van der Waals surface area contributed by atoms with E-state index in [0.717, 1.165) is 15.8 Å². The number of hydrogen-bond donors (Lipinski definition) is 1. The molecule has 0 saturated carbocycles. The smallest absolute Gasteiger partial charge is 0.258 e. The Balaban J connectivity index is 1.90. The Morgan fingerprint density at radius 1 is 1.18 bits per heavy atom. The van der Waals surface area contributed by atoms with Gasteiger partial charge in [-0.05, 0) is 37.3 Å². The van der Waals surface area contributed by atoms with Gasteiger partial charge in [0.15, 0.2) is 6.61 Å². The van der Waals surface area contributed by atoms with E-state index in [2.05, 4.69) is 21.2 Å². The summed E-state index contributed by atoms with van der Waals surface area (Å²) in [5.74, 6) is 1.23. The van der Waals surface area contributed by atoms with Gasteiger partial charge in [-0.2, -0.15) is 0 Å². The Kier molecular flexibility index (Phi) is 5.83. The maximum atomic E-state index is 12.0. The van der Waals surface area contributed by atoms with Crippen molar-refractivity contribution in [2.24, 2.45) is 0 Å². The maximum absolute atomic E-state index is 12.0. The quantitative estimate of drug-likeness (QED) is 0.850. The van der Waals surface area contributed by atoms with Crippen molar-refractivity contribution in [1.29, 1.82) is 0 Å². The van der Waals surface area contributed by atoms with Crippen LogP contribution in [0.1, 0.15) is 18.5 Å². The molecule has 0 aliphatic carbocycles. The predicted molar refractivity (Wildman–Crippen MR) is 89.2 cm³/mol. The van der Waals surface area contributed by atoms with Crippen molar-refractivity contribution in [3.63, 3.8) is 0 Å². The highest BCUT2D eigenvalue weighted by molar-refractivity contribution is 9.10.